The second-order valence-corrected chi connectivity index (χ2v) is 4.44. The van der Waals surface area contributed by atoms with Gasteiger partial charge in [0.25, 0.3) is 0 Å². The van der Waals surface area contributed by atoms with Crippen molar-refractivity contribution in [3.63, 3.8) is 0 Å². The van der Waals surface area contributed by atoms with E-state index < -0.39 is 0 Å². The number of nitrogens with zero attached hydrogens (tertiary/aromatic N) is 1. The molecule has 0 fully saturated rings. The first kappa shape index (κ1) is 10.3. The number of para-hydroxylation sites is 1. The van der Waals surface area contributed by atoms with Crippen LogP contribution in [0.25, 0.3) is 33.2 Å². The third kappa shape index (κ3) is 1.61. The van der Waals surface area contributed by atoms with E-state index >= 15 is 0 Å². The molecular formula is C17H10NO. The van der Waals surface area contributed by atoms with E-state index in [0.29, 0.717) is 0 Å². The Hall–Kier alpha value is -2.61. The van der Waals surface area contributed by atoms with Crippen molar-refractivity contribution in [2.75, 3.05) is 0 Å². The van der Waals surface area contributed by atoms with Gasteiger partial charge in [-0.25, -0.2) is 0 Å². The molecule has 0 saturated heterocycles. The van der Waals surface area contributed by atoms with Crippen LogP contribution in [0.2, 0.25) is 0 Å². The standard InChI is InChI=1S/C17H10NO/c1-2-7-16-13(5-1)14-9-8-12(11-17(14)19-16)15-6-3-4-10-18-15/h1-8,10-11H. The van der Waals surface area contributed by atoms with E-state index in [2.05, 4.69) is 17.1 Å². The Morgan fingerprint density at radius 3 is 2.74 bits per heavy atom. The highest BCUT2D eigenvalue weighted by Crippen LogP contribution is 2.30. The van der Waals surface area contributed by atoms with E-state index in [1.54, 1.807) is 6.20 Å². The Morgan fingerprint density at radius 2 is 1.84 bits per heavy atom. The van der Waals surface area contributed by atoms with Gasteiger partial charge < -0.3 is 4.42 Å². The van der Waals surface area contributed by atoms with Crippen molar-refractivity contribution in [3.05, 3.63) is 66.9 Å². The molecule has 1 radical (unpaired) electrons. The zero-order valence-electron chi connectivity index (χ0n) is 10.1. The van der Waals surface area contributed by atoms with E-state index in [0.717, 1.165) is 33.2 Å². The molecule has 0 atom stereocenters. The summed E-state index contributed by atoms with van der Waals surface area (Å²) in [6.45, 7) is 0. The molecule has 2 aromatic heterocycles. The zero-order valence-corrected chi connectivity index (χ0v) is 10.1. The third-order valence-corrected chi connectivity index (χ3v) is 3.24. The minimum Gasteiger partial charge on any atom is -0.456 e. The van der Waals surface area contributed by atoms with Crippen LogP contribution in [0.15, 0.2) is 65.2 Å². The van der Waals surface area contributed by atoms with Gasteiger partial charge in [0, 0.05) is 22.5 Å². The van der Waals surface area contributed by atoms with Gasteiger partial charge in [-0.1, -0.05) is 24.3 Å². The van der Waals surface area contributed by atoms with Crippen LogP contribution < -0.4 is 0 Å². The summed E-state index contributed by atoms with van der Waals surface area (Å²) in [5.41, 5.74) is 3.70. The second-order valence-electron chi connectivity index (χ2n) is 4.44. The second kappa shape index (κ2) is 3.95. The van der Waals surface area contributed by atoms with E-state index in [4.69, 9.17) is 4.42 Å². The van der Waals surface area contributed by atoms with Crippen molar-refractivity contribution >= 4 is 21.9 Å². The quantitative estimate of drug-likeness (QED) is 0.494. The zero-order chi connectivity index (χ0) is 12.7. The molecule has 0 aliphatic rings. The van der Waals surface area contributed by atoms with Gasteiger partial charge in [-0.2, -0.15) is 0 Å². The number of furan rings is 1. The molecule has 89 valence electrons. The van der Waals surface area contributed by atoms with Gasteiger partial charge in [0.1, 0.15) is 11.2 Å². The Morgan fingerprint density at radius 1 is 0.947 bits per heavy atom. The molecule has 2 aromatic carbocycles. The smallest absolute Gasteiger partial charge is 0.136 e. The highest BCUT2D eigenvalue weighted by atomic mass is 16.3. The van der Waals surface area contributed by atoms with Crippen LogP contribution in [0.5, 0.6) is 0 Å². The predicted octanol–water partition coefficient (Wildman–Crippen LogP) is 4.45. The molecule has 0 spiro atoms. The number of hydrogen-bond donors (Lipinski definition) is 0. The Kier molecular flexibility index (Phi) is 2.15. The topological polar surface area (TPSA) is 26.0 Å². The maximum atomic E-state index is 5.86. The SMILES string of the molecule is [c]1cc(-c2ccccn2)cc2oc3ccccc3c12. The molecule has 2 heteroatoms. The molecule has 4 aromatic rings. The summed E-state index contributed by atoms with van der Waals surface area (Å²) in [7, 11) is 0. The molecular weight excluding hydrogens is 234 g/mol. The van der Waals surface area contributed by atoms with Gasteiger partial charge in [-0.3, -0.25) is 4.98 Å². The average molecular weight is 244 g/mol. The first-order chi connectivity index (χ1) is 9.42. The van der Waals surface area contributed by atoms with Crippen molar-refractivity contribution in [1.82, 2.24) is 4.98 Å². The van der Waals surface area contributed by atoms with Crippen LogP contribution in [-0.2, 0) is 0 Å². The number of pyridine rings is 1. The lowest BCUT2D eigenvalue weighted by atomic mass is 10.1. The summed E-state index contributed by atoms with van der Waals surface area (Å²) in [4.78, 5) is 4.35. The molecule has 0 unspecified atom stereocenters. The molecule has 2 heterocycles. The van der Waals surface area contributed by atoms with Crippen LogP contribution in [0.4, 0.5) is 0 Å². The van der Waals surface area contributed by atoms with Crippen molar-refractivity contribution in [3.8, 4) is 11.3 Å². The summed E-state index contributed by atoms with van der Waals surface area (Å²) < 4.78 is 5.86. The number of aromatic nitrogens is 1. The summed E-state index contributed by atoms with van der Waals surface area (Å²) >= 11 is 0. The van der Waals surface area contributed by atoms with E-state index in [9.17, 15) is 0 Å². The van der Waals surface area contributed by atoms with Crippen LogP contribution in [0.3, 0.4) is 0 Å². The summed E-state index contributed by atoms with van der Waals surface area (Å²) in [5.74, 6) is 0. The van der Waals surface area contributed by atoms with Gasteiger partial charge in [0.15, 0.2) is 0 Å². The number of rotatable bonds is 1. The summed E-state index contributed by atoms with van der Waals surface area (Å²) in [6.07, 6.45) is 1.79. The summed E-state index contributed by atoms with van der Waals surface area (Å²) in [6, 6.07) is 21.2. The first-order valence-corrected chi connectivity index (χ1v) is 6.16. The van der Waals surface area contributed by atoms with E-state index in [1.165, 1.54) is 0 Å². The predicted molar refractivity (Wildman–Crippen MR) is 75.8 cm³/mol. The van der Waals surface area contributed by atoms with Crippen molar-refractivity contribution in [2.45, 2.75) is 0 Å². The molecule has 0 amide bonds. The highest BCUT2D eigenvalue weighted by molar-refractivity contribution is 6.05. The minimum atomic E-state index is 0.851. The van der Waals surface area contributed by atoms with Crippen molar-refractivity contribution in [2.24, 2.45) is 0 Å². The lowest BCUT2D eigenvalue weighted by Gasteiger charge is -1.99. The maximum Gasteiger partial charge on any atom is 0.136 e. The third-order valence-electron chi connectivity index (χ3n) is 3.24. The van der Waals surface area contributed by atoms with Crippen LogP contribution in [-0.4, -0.2) is 4.98 Å². The Balaban J connectivity index is 1.99. The Bertz CT molecular complexity index is 862. The van der Waals surface area contributed by atoms with E-state index in [-0.39, 0.29) is 0 Å². The van der Waals surface area contributed by atoms with Gasteiger partial charge in [-0.15, -0.1) is 0 Å². The molecule has 2 nitrogen and oxygen atoms in total. The van der Waals surface area contributed by atoms with Crippen LogP contribution >= 0.6 is 0 Å². The van der Waals surface area contributed by atoms with Gasteiger partial charge in [0.2, 0.25) is 0 Å². The maximum absolute atomic E-state index is 5.86. The summed E-state index contributed by atoms with van der Waals surface area (Å²) in [5, 5.41) is 2.13. The lowest BCUT2D eigenvalue weighted by molar-refractivity contribution is 0.669. The van der Waals surface area contributed by atoms with E-state index in [1.807, 2.05) is 48.5 Å². The molecule has 0 aliphatic carbocycles. The highest BCUT2D eigenvalue weighted by Gasteiger charge is 2.08. The fraction of sp³-hybridized carbons (Fsp3) is 0. The van der Waals surface area contributed by atoms with Gasteiger partial charge in [-0.05, 0) is 36.4 Å². The molecule has 0 aliphatic heterocycles. The minimum absolute atomic E-state index is 0.851. The average Bonchev–Trinajstić information content (AvgIpc) is 2.86. The lowest BCUT2D eigenvalue weighted by Crippen LogP contribution is -1.81. The fourth-order valence-electron chi connectivity index (χ4n) is 2.33. The Labute approximate surface area is 110 Å². The number of fused-ring (bicyclic) bond motifs is 3. The van der Waals surface area contributed by atoms with Crippen LogP contribution in [0.1, 0.15) is 0 Å². The molecule has 0 saturated carbocycles. The van der Waals surface area contributed by atoms with Crippen LogP contribution in [0, 0.1) is 6.07 Å². The largest absolute Gasteiger partial charge is 0.456 e. The molecule has 19 heavy (non-hydrogen) atoms. The van der Waals surface area contributed by atoms with Gasteiger partial charge >= 0.3 is 0 Å². The number of hydrogen-bond acceptors (Lipinski definition) is 2. The molecule has 4 rings (SSSR count). The molecule has 0 N–H and O–H groups in total. The van der Waals surface area contributed by atoms with Crippen molar-refractivity contribution < 1.29 is 4.42 Å². The van der Waals surface area contributed by atoms with Crippen molar-refractivity contribution in [1.29, 1.82) is 0 Å². The number of benzene rings is 2. The monoisotopic (exact) mass is 244 g/mol. The molecule has 0 bridgehead atoms. The van der Waals surface area contributed by atoms with Gasteiger partial charge in [0.05, 0.1) is 5.69 Å². The first-order valence-electron chi connectivity index (χ1n) is 6.16. The fourth-order valence-corrected chi connectivity index (χ4v) is 2.33. The normalized spacial score (nSPS) is 11.2.